The quantitative estimate of drug-likeness (QED) is 0.126. The van der Waals surface area contributed by atoms with E-state index in [1.54, 1.807) is 0 Å². The molecule has 0 aliphatic rings. The Hall–Kier alpha value is -8.72. The van der Waals surface area contributed by atoms with Crippen molar-refractivity contribution in [3.05, 3.63) is 264 Å². The highest BCUT2D eigenvalue weighted by molar-refractivity contribution is 6.29. The van der Waals surface area contributed by atoms with Crippen molar-refractivity contribution in [3.8, 4) is 44.5 Å². The average molecular weight is 953 g/mol. The molecule has 12 aromatic carbocycles. The SMILES string of the molecule is Cc1ccc(-c2ccccc2)c(C)c1N(c1cccc(-c2ccccc2)c1)c1cc(N(c2cccc(-c3ccccc3)c2)c2c(C)ccc(-c3ccccc3)c2C)c2ccc3cc(C(C)(C)C)cc4ccc1c2c43. The average Bonchev–Trinajstić information content (AvgIpc) is 3.43. The van der Waals surface area contributed by atoms with Crippen molar-refractivity contribution in [1.29, 1.82) is 0 Å². The number of benzene rings is 12. The van der Waals surface area contributed by atoms with Gasteiger partial charge in [0.25, 0.3) is 0 Å². The Kier molecular flexibility index (Phi) is 11.7. The zero-order valence-corrected chi connectivity index (χ0v) is 43.4. The van der Waals surface area contributed by atoms with Crippen LogP contribution in [0.15, 0.2) is 237 Å². The minimum atomic E-state index is -0.0282. The number of hydrogen-bond acceptors (Lipinski definition) is 2. The smallest absolute Gasteiger partial charge is 0.0561 e. The van der Waals surface area contributed by atoms with Gasteiger partial charge in [-0.2, -0.15) is 0 Å². The Labute approximate surface area is 436 Å². The molecule has 0 fully saturated rings. The number of anilines is 6. The molecule has 12 rings (SSSR count). The highest BCUT2D eigenvalue weighted by Crippen LogP contribution is 2.54. The van der Waals surface area contributed by atoms with Gasteiger partial charge in [-0.15, -0.1) is 0 Å². The second-order valence-corrected chi connectivity index (χ2v) is 21.1. The third-order valence-corrected chi connectivity index (χ3v) is 15.3. The summed E-state index contributed by atoms with van der Waals surface area (Å²) in [6, 6.07) is 87.8. The van der Waals surface area contributed by atoms with E-state index < -0.39 is 0 Å². The topological polar surface area (TPSA) is 6.48 Å². The molecule has 358 valence electrons. The van der Waals surface area contributed by atoms with Gasteiger partial charge in [0.1, 0.15) is 0 Å². The van der Waals surface area contributed by atoms with Gasteiger partial charge in [0.2, 0.25) is 0 Å². The molecule has 0 aliphatic heterocycles. The van der Waals surface area contributed by atoms with E-state index in [0.717, 1.165) is 22.7 Å². The van der Waals surface area contributed by atoms with E-state index in [1.165, 1.54) is 116 Å². The molecular formula is C72H60N2. The Morgan fingerprint density at radius 3 is 1.08 bits per heavy atom. The van der Waals surface area contributed by atoms with Crippen molar-refractivity contribution < 1.29 is 0 Å². The normalized spacial score (nSPS) is 11.7. The van der Waals surface area contributed by atoms with Crippen LogP contribution in [0, 0.1) is 27.7 Å². The van der Waals surface area contributed by atoms with Crippen molar-refractivity contribution in [3.63, 3.8) is 0 Å². The van der Waals surface area contributed by atoms with Crippen LogP contribution in [0.4, 0.5) is 34.1 Å². The molecule has 0 atom stereocenters. The molecule has 0 saturated heterocycles. The summed E-state index contributed by atoms with van der Waals surface area (Å²) in [6.45, 7) is 16.1. The first-order chi connectivity index (χ1) is 36.0. The van der Waals surface area contributed by atoms with Crippen molar-refractivity contribution in [2.45, 2.75) is 53.9 Å². The Morgan fingerprint density at radius 2 is 0.689 bits per heavy atom. The standard InChI is InChI=1S/C72H60N2/c1-47-34-38-62(53-26-16-10-17-27-53)49(3)70(47)73(60-32-20-30-55(44-60)51-22-12-8-13-23-51)66-46-67(65-41-37-58-43-59(72(5,6)7)42-57-36-40-64(66)69(65)68(57)58)74(61-33-21-31-56(45-61)52-24-14-9-15-25-52)71-48(2)35-39-63(50(71)4)54-28-18-11-19-29-54/h8-46H,1-7H3. The Balaban J connectivity index is 1.25. The molecule has 74 heavy (non-hydrogen) atoms. The highest BCUT2D eigenvalue weighted by atomic mass is 15.2. The molecule has 12 aromatic rings. The van der Waals surface area contributed by atoms with E-state index in [-0.39, 0.29) is 5.41 Å². The molecule has 0 unspecified atom stereocenters. The number of nitrogens with zero attached hydrogens (tertiary/aromatic N) is 2. The van der Waals surface area contributed by atoms with Crippen LogP contribution in [0.3, 0.4) is 0 Å². The van der Waals surface area contributed by atoms with Crippen LogP contribution >= 0.6 is 0 Å². The maximum atomic E-state index is 2.58. The molecule has 2 nitrogen and oxygen atoms in total. The van der Waals surface area contributed by atoms with Crippen LogP contribution in [0.25, 0.3) is 76.8 Å². The number of aryl methyl sites for hydroxylation is 2. The molecular weight excluding hydrogens is 893 g/mol. The first kappa shape index (κ1) is 46.4. The van der Waals surface area contributed by atoms with E-state index in [9.17, 15) is 0 Å². The van der Waals surface area contributed by atoms with Gasteiger partial charge in [0, 0.05) is 27.5 Å². The van der Waals surface area contributed by atoms with E-state index in [1.807, 2.05) is 0 Å². The lowest BCUT2D eigenvalue weighted by Gasteiger charge is -2.35. The Bertz CT molecular complexity index is 3770. The monoisotopic (exact) mass is 952 g/mol. The number of rotatable bonds is 10. The van der Waals surface area contributed by atoms with E-state index in [0.29, 0.717) is 0 Å². The summed E-state index contributed by atoms with van der Waals surface area (Å²) >= 11 is 0. The summed E-state index contributed by atoms with van der Waals surface area (Å²) in [6.07, 6.45) is 0. The molecule has 0 amide bonds. The molecule has 0 aromatic heterocycles. The molecule has 0 bridgehead atoms. The zero-order chi connectivity index (χ0) is 50.7. The minimum absolute atomic E-state index is 0.0282. The van der Waals surface area contributed by atoms with Gasteiger partial charge in [-0.1, -0.05) is 227 Å². The van der Waals surface area contributed by atoms with Crippen molar-refractivity contribution in [2.24, 2.45) is 0 Å². The highest BCUT2D eigenvalue weighted by Gasteiger charge is 2.29. The second kappa shape index (κ2) is 18.7. The lowest BCUT2D eigenvalue weighted by atomic mass is 9.83. The molecule has 0 N–H and O–H groups in total. The summed E-state index contributed by atoms with van der Waals surface area (Å²) < 4.78 is 0. The fraction of sp³-hybridized carbons (Fsp3) is 0.111. The molecule has 0 saturated carbocycles. The van der Waals surface area contributed by atoms with E-state index >= 15 is 0 Å². The van der Waals surface area contributed by atoms with Crippen LogP contribution in [0.5, 0.6) is 0 Å². The van der Waals surface area contributed by atoms with Gasteiger partial charge >= 0.3 is 0 Å². The molecule has 0 aliphatic carbocycles. The predicted molar refractivity (Wildman–Crippen MR) is 319 cm³/mol. The lowest BCUT2D eigenvalue weighted by Crippen LogP contribution is -2.17. The predicted octanol–water partition coefficient (Wildman–Crippen LogP) is 20.7. The fourth-order valence-electron chi connectivity index (χ4n) is 11.6. The summed E-state index contributed by atoms with van der Waals surface area (Å²) in [5.74, 6) is 0. The van der Waals surface area contributed by atoms with E-state index in [2.05, 4.69) is 295 Å². The van der Waals surface area contributed by atoms with Crippen molar-refractivity contribution in [2.75, 3.05) is 9.80 Å². The van der Waals surface area contributed by atoms with Gasteiger partial charge in [-0.25, -0.2) is 0 Å². The third-order valence-electron chi connectivity index (χ3n) is 15.3. The van der Waals surface area contributed by atoms with Crippen molar-refractivity contribution >= 4 is 66.4 Å². The minimum Gasteiger partial charge on any atom is -0.309 e. The van der Waals surface area contributed by atoms with Gasteiger partial charge in [0.05, 0.1) is 22.7 Å². The summed E-state index contributed by atoms with van der Waals surface area (Å²) in [7, 11) is 0. The van der Waals surface area contributed by atoms with Crippen LogP contribution in [0.2, 0.25) is 0 Å². The molecule has 0 radical (unpaired) electrons. The lowest BCUT2D eigenvalue weighted by molar-refractivity contribution is 0.591. The van der Waals surface area contributed by atoms with Gasteiger partial charge in [-0.3, -0.25) is 0 Å². The maximum absolute atomic E-state index is 2.58. The fourth-order valence-corrected chi connectivity index (χ4v) is 11.6. The molecule has 2 heteroatoms. The first-order valence-corrected chi connectivity index (χ1v) is 26.0. The largest absolute Gasteiger partial charge is 0.309 e. The second-order valence-electron chi connectivity index (χ2n) is 21.1. The van der Waals surface area contributed by atoms with Crippen molar-refractivity contribution in [1.82, 2.24) is 0 Å². The summed E-state index contributed by atoms with van der Waals surface area (Å²) in [5, 5.41) is 7.43. The van der Waals surface area contributed by atoms with Crippen LogP contribution in [-0.4, -0.2) is 0 Å². The van der Waals surface area contributed by atoms with Crippen LogP contribution in [0.1, 0.15) is 48.6 Å². The van der Waals surface area contributed by atoms with Gasteiger partial charge in [-0.05, 0) is 152 Å². The zero-order valence-electron chi connectivity index (χ0n) is 43.4. The van der Waals surface area contributed by atoms with E-state index in [4.69, 9.17) is 0 Å². The third kappa shape index (κ3) is 8.17. The van der Waals surface area contributed by atoms with Crippen LogP contribution < -0.4 is 9.80 Å². The molecule has 0 heterocycles. The summed E-state index contributed by atoms with van der Waals surface area (Å²) in [5.41, 5.74) is 22.4. The van der Waals surface area contributed by atoms with Crippen LogP contribution in [-0.2, 0) is 5.41 Å². The first-order valence-electron chi connectivity index (χ1n) is 26.0. The number of hydrogen-bond donors (Lipinski definition) is 0. The molecule has 0 spiro atoms. The summed E-state index contributed by atoms with van der Waals surface area (Å²) in [4.78, 5) is 5.16. The van der Waals surface area contributed by atoms with Gasteiger partial charge < -0.3 is 9.80 Å². The Morgan fingerprint density at radius 1 is 0.311 bits per heavy atom. The maximum Gasteiger partial charge on any atom is 0.0561 e. The van der Waals surface area contributed by atoms with Gasteiger partial charge in [0.15, 0.2) is 0 Å².